The second-order valence-corrected chi connectivity index (χ2v) is 7.63. The van der Waals surface area contributed by atoms with Gasteiger partial charge in [0.25, 0.3) is 11.7 Å². The molecule has 1 N–H and O–H groups in total. The van der Waals surface area contributed by atoms with Crippen LogP contribution in [-0.4, -0.2) is 45.6 Å². The Morgan fingerprint density at radius 3 is 2.93 bits per heavy atom. The largest absolute Gasteiger partial charge is 0.444 e. The summed E-state index contributed by atoms with van der Waals surface area (Å²) in [6.45, 7) is 6.66. The summed E-state index contributed by atoms with van der Waals surface area (Å²) in [5, 5.41) is 14.0. The molecule has 0 saturated carbocycles. The van der Waals surface area contributed by atoms with E-state index >= 15 is 0 Å². The van der Waals surface area contributed by atoms with Gasteiger partial charge >= 0.3 is 6.09 Å². The lowest BCUT2D eigenvalue weighted by Crippen LogP contribution is -2.48. The van der Waals surface area contributed by atoms with Gasteiger partial charge in [-0.1, -0.05) is 0 Å². The maximum absolute atomic E-state index is 12.5. The van der Waals surface area contributed by atoms with Crippen LogP contribution < -0.4 is 5.32 Å². The Kier molecular flexibility index (Phi) is 5.20. The molecular weight excluding hydrogens is 352 g/mol. The van der Waals surface area contributed by atoms with Crippen LogP contribution in [0, 0.1) is 10.1 Å². The van der Waals surface area contributed by atoms with Crippen molar-refractivity contribution in [3.05, 3.63) is 28.3 Å². The van der Waals surface area contributed by atoms with Crippen molar-refractivity contribution in [3.63, 3.8) is 0 Å². The Morgan fingerprint density at radius 1 is 1.44 bits per heavy atom. The van der Waals surface area contributed by atoms with Gasteiger partial charge in [-0.15, -0.1) is 0 Å². The number of nitro benzene ring substituents is 1. The number of rotatable bonds is 4. The second-order valence-electron chi connectivity index (χ2n) is 7.63. The van der Waals surface area contributed by atoms with Crippen molar-refractivity contribution in [2.75, 3.05) is 18.4 Å². The van der Waals surface area contributed by atoms with E-state index in [2.05, 4.69) is 10.3 Å². The highest BCUT2D eigenvalue weighted by Gasteiger charge is 2.30. The fourth-order valence-electron chi connectivity index (χ4n) is 3.08. The first-order valence-electron chi connectivity index (χ1n) is 9.01. The van der Waals surface area contributed by atoms with E-state index in [0.29, 0.717) is 24.2 Å². The summed E-state index contributed by atoms with van der Waals surface area (Å²) in [4.78, 5) is 28.8. The molecule has 27 heavy (non-hydrogen) atoms. The molecule has 1 aliphatic heterocycles. The number of nitrogens with one attached hydrogen (secondary N) is 1. The normalized spacial score (nSPS) is 17.7. The molecule has 2 aromatic rings. The summed E-state index contributed by atoms with van der Waals surface area (Å²) in [6, 6.07) is 4.53. The number of non-ortho nitro benzene ring substituents is 1. The van der Waals surface area contributed by atoms with Gasteiger partial charge in [-0.3, -0.25) is 10.1 Å². The van der Waals surface area contributed by atoms with E-state index in [4.69, 9.17) is 9.15 Å². The second kappa shape index (κ2) is 7.42. The Morgan fingerprint density at radius 2 is 2.22 bits per heavy atom. The Hall–Kier alpha value is -2.84. The van der Waals surface area contributed by atoms with E-state index in [9.17, 15) is 14.9 Å². The van der Waals surface area contributed by atoms with Crippen molar-refractivity contribution >= 4 is 28.9 Å². The molecule has 1 amide bonds. The summed E-state index contributed by atoms with van der Waals surface area (Å²) in [5.41, 5.74) is 0.308. The fourth-order valence-corrected chi connectivity index (χ4v) is 3.08. The minimum absolute atomic E-state index is 0.0297. The van der Waals surface area contributed by atoms with Crippen LogP contribution in [0.2, 0.25) is 0 Å². The third kappa shape index (κ3) is 4.66. The number of piperidine rings is 1. The molecule has 2 heterocycles. The van der Waals surface area contributed by atoms with Crippen LogP contribution in [0.1, 0.15) is 40.0 Å². The molecule has 0 spiro atoms. The van der Waals surface area contributed by atoms with Crippen LogP contribution in [-0.2, 0) is 4.74 Å². The molecule has 3 rings (SSSR count). The molecular formula is C18H24N4O5. The molecule has 146 valence electrons. The molecule has 1 atom stereocenters. The van der Waals surface area contributed by atoms with E-state index in [1.165, 1.54) is 18.2 Å². The monoisotopic (exact) mass is 376 g/mol. The number of hydrogen-bond donors (Lipinski definition) is 1. The number of hydrogen-bond acceptors (Lipinski definition) is 7. The van der Waals surface area contributed by atoms with Crippen molar-refractivity contribution in [2.24, 2.45) is 0 Å². The predicted molar refractivity (Wildman–Crippen MR) is 99.7 cm³/mol. The average molecular weight is 376 g/mol. The Balaban J connectivity index is 1.67. The smallest absolute Gasteiger partial charge is 0.410 e. The summed E-state index contributed by atoms with van der Waals surface area (Å²) >= 11 is 0. The minimum atomic E-state index is -0.540. The summed E-state index contributed by atoms with van der Waals surface area (Å²) < 4.78 is 11.1. The van der Waals surface area contributed by atoms with E-state index in [0.717, 1.165) is 19.3 Å². The lowest BCUT2D eigenvalue weighted by atomic mass is 10.0. The van der Waals surface area contributed by atoms with Gasteiger partial charge in [0, 0.05) is 25.2 Å². The van der Waals surface area contributed by atoms with Crippen molar-refractivity contribution in [1.29, 1.82) is 0 Å². The number of amides is 1. The van der Waals surface area contributed by atoms with Gasteiger partial charge < -0.3 is 19.4 Å². The van der Waals surface area contributed by atoms with Gasteiger partial charge in [0.2, 0.25) is 0 Å². The molecule has 1 aromatic heterocycles. The van der Waals surface area contributed by atoms with E-state index < -0.39 is 10.5 Å². The van der Waals surface area contributed by atoms with Crippen LogP contribution in [0.3, 0.4) is 0 Å². The summed E-state index contributed by atoms with van der Waals surface area (Å²) in [6.07, 6.45) is 2.52. The molecule has 1 fully saturated rings. The Labute approximate surface area is 156 Å². The van der Waals surface area contributed by atoms with Gasteiger partial charge in [-0.25, -0.2) is 4.79 Å². The van der Waals surface area contributed by atoms with E-state index in [1.54, 1.807) is 4.90 Å². The Bertz CT molecular complexity index is 842. The molecule has 9 heteroatoms. The third-order valence-electron chi connectivity index (χ3n) is 4.33. The zero-order chi connectivity index (χ0) is 19.6. The first kappa shape index (κ1) is 18.9. The number of oxazole rings is 1. The number of ether oxygens (including phenoxy) is 1. The van der Waals surface area contributed by atoms with Gasteiger partial charge in [0.05, 0.1) is 11.0 Å². The maximum atomic E-state index is 12.5. The number of carbonyl (C=O) groups is 1. The van der Waals surface area contributed by atoms with Crippen LogP contribution >= 0.6 is 0 Å². The first-order valence-corrected chi connectivity index (χ1v) is 9.01. The lowest BCUT2D eigenvalue weighted by Gasteiger charge is -2.36. The van der Waals surface area contributed by atoms with Crippen LogP contribution in [0.25, 0.3) is 11.1 Å². The maximum Gasteiger partial charge on any atom is 0.410 e. The highest BCUT2D eigenvalue weighted by Crippen LogP contribution is 2.25. The van der Waals surface area contributed by atoms with Gasteiger partial charge in [0.1, 0.15) is 11.1 Å². The number of likely N-dealkylation sites (tertiary alicyclic amines) is 1. The van der Waals surface area contributed by atoms with E-state index in [1.807, 2.05) is 20.8 Å². The third-order valence-corrected chi connectivity index (χ3v) is 4.33. The number of carbonyl (C=O) groups excluding carboxylic acids is 1. The molecule has 1 aromatic carbocycles. The van der Waals surface area contributed by atoms with Gasteiger partial charge in [-0.05, 0) is 46.1 Å². The first-order chi connectivity index (χ1) is 12.7. The fraction of sp³-hybridized carbons (Fsp3) is 0.556. The molecule has 9 nitrogen and oxygen atoms in total. The van der Waals surface area contributed by atoms with Crippen LogP contribution in [0.4, 0.5) is 16.5 Å². The van der Waals surface area contributed by atoms with Crippen LogP contribution in [0.15, 0.2) is 22.6 Å². The van der Waals surface area contributed by atoms with E-state index in [-0.39, 0.29) is 23.8 Å². The summed E-state index contributed by atoms with van der Waals surface area (Å²) in [5.74, 6) is 0. The SMILES string of the molecule is CC(C)(C)OC(=O)N1CCCC[C@H]1CNc1nc2cc([N+](=O)[O-])ccc2o1. The number of anilines is 1. The number of nitro groups is 1. The molecule has 1 aliphatic rings. The molecule has 0 unspecified atom stereocenters. The number of aromatic nitrogens is 1. The zero-order valence-electron chi connectivity index (χ0n) is 15.7. The average Bonchev–Trinajstić information content (AvgIpc) is 3.00. The van der Waals surface area contributed by atoms with Crippen molar-refractivity contribution < 1.29 is 18.9 Å². The zero-order valence-corrected chi connectivity index (χ0v) is 15.7. The number of nitrogens with zero attached hydrogens (tertiary/aromatic N) is 3. The van der Waals surface area contributed by atoms with Gasteiger partial charge in [-0.2, -0.15) is 4.98 Å². The predicted octanol–water partition coefficient (Wildman–Crippen LogP) is 3.94. The standard InChI is InChI=1S/C18H24N4O5/c1-18(2,3)27-17(23)21-9-5-4-6-13(21)11-19-16-20-14-10-12(22(24)25)7-8-15(14)26-16/h7-8,10,13H,4-6,9,11H2,1-3H3,(H,19,20)/t13-/m0/s1. The summed E-state index contributed by atoms with van der Waals surface area (Å²) in [7, 11) is 0. The van der Waals surface area contributed by atoms with Crippen molar-refractivity contribution in [2.45, 2.75) is 51.7 Å². The lowest BCUT2D eigenvalue weighted by molar-refractivity contribution is -0.384. The molecule has 1 saturated heterocycles. The van der Waals surface area contributed by atoms with Crippen molar-refractivity contribution in [1.82, 2.24) is 9.88 Å². The molecule has 0 aliphatic carbocycles. The number of benzene rings is 1. The topological polar surface area (TPSA) is 111 Å². The highest BCUT2D eigenvalue weighted by molar-refractivity contribution is 5.77. The number of fused-ring (bicyclic) bond motifs is 1. The minimum Gasteiger partial charge on any atom is -0.444 e. The van der Waals surface area contributed by atoms with Gasteiger partial charge in [0.15, 0.2) is 5.58 Å². The van der Waals surface area contributed by atoms with Crippen LogP contribution in [0.5, 0.6) is 0 Å². The van der Waals surface area contributed by atoms with Crippen molar-refractivity contribution in [3.8, 4) is 0 Å². The molecule has 0 radical (unpaired) electrons. The highest BCUT2D eigenvalue weighted by atomic mass is 16.6. The quantitative estimate of drug-likeness (QED) is 0.635. The molecule has 0 bridgehead atoms.